The molecular weight excluding hydrogens is 466 g/mol. The number of carbonyl (C=O) groups is 2. The van der Waals surface area contributed by atoms with Gasteiger partial charge in [0.2, 0.25) is 5.60 Å². The number of amides is 1. The molecule has 7 aliphatic rings. The number of carbonyl (C=O) groups excluding carboxylic acids is 2. The number of hydrogen-bond donors (Lipinski definition) is 2. The first-order valence-corrected chi connectivity index (χ1v) is 13.9. The zero-order chi connectivity index (χ0) is 26.1. The van der Waals surface area contributed by atoms with E-state index in [0.29, 0.717) is 11.8 Å². The average Bonchev–Trinajstić information content (AvgIpc) is 3.50. The maximum absolute atomic E-state index is 14.6. The first-order chi connectivity index (χ1) is 17.5. The summed E-state index contributed by atoms with van der Waals surface area (Å²) in [6, 6.07) is 7.80. The molecule has 1 aromatic rings. The van der Waals surface area contributed by atoms with Gasteiger partial charge in [-0.05, 0) is 60.6 Å². The molecule has 2 N–H and O–H groups in total. The lowest BCUT2D eigenvalue weighted by Gasteiger charge is -2.48. The topological polar surface area (TPSA) is 88.2 Å². The molecule has 4 bridgehead atoms. The van der Waals surface area contributed by atoms with Crippen molar-refractivity contribution in [2.75, 3.05) is 0 Å². The van der Waals surface area contributed by atoms with Crippen molar-refractivity contribution < 1.29 is 24.2 Å². The standard InChI is InChI=1S/C31H37NO5/c1-6-19-12-17(4)23-22-21(19)26(33)31-27(37-31)30(35,32-28(31)34)14-18-7-9-20(10-8-18)36-25(22)24-16(3)11-15(2)13-29(23,24)5/h6-10,12,15-16,19,21-25,27,35H,1,11,13-14H2,2-5H3,(H,32,34)/t15-,16-,19-,21-,22-,23-,24+,25+,27-,29-,30+,31-/m1/s1. The van der Waals surface area contributed by atoms with Crippen LogP contribution < -0.4 is 10.1 Å². The predicted molar refractivity (Wildman–Crippen MR) is 137 cm³/mol. The number of morpholine rings is 1. The van der Waals surface area contributed by atoms with Gasteiger partial charge < -0.3 is 19.9 Å². The van der Waals surface area contributed by atoms with Crippen molar-refractivity contribution in [1.29, 1.82) is 0 Å². The zero-order valence-corrected chi connectivity index (χ0v) is 22.1. The van der Waals surface area contributed by atoms with Crippen LogP contribution >= 0.6 is 0 Å². The summed E-state index contributed by atoms with van der Waals surface area (Å²) in [5.74, 6) is 0.618. The smallest absolute Gasteiger partial charge is 0.265 e. The van der Waals surface area contributed by atoms with Crippen molar-refractivity contribution in [1.82, 2.24) is 5.32 Å². The molecule has 4 heterocycles. The number of rotatable bonds is 1. The molecule has 8 rings (SSSR count). The monoisotopic (exact) mass is 503 g/mol. The Balaban J connectivity index is 1.46. The number of hydrogen-bond acceptors (Lipinski definition) is 5. The maximum atomic E-state index is 14.6. The number of allylic oxidation sites excluding steroid dienone is 3. The van der Waals surface area contributed by atoms with Gasteiger partial charge >= 0.3 is 0 Å². The molecule has 12 atom stereocenters. The van der Waals surface area contributed by atoms with Crippen LogP contribution in [-0.2, 0) is 20.7 Å². The molecule has 6 nitrogen and oxygen atoms in total. The van der Waals surface area contributed by atoms with Crippen LogP contribution in [0.5, 0.6) is 5.75 Å². The van der Waals surface area contributed by atoms with Gasteiger partial charge in [-0.3, -0.25) is 9.59 Å². The minimum Gasteiger partial charge on any atom is -0.490 e. The number of ketones is 1. The van der Waals surface area contributed by atoms with Gasteiger partial charge in [0.25, 0.3) is 5.91 Å². The van der Waals surface area contributed by atoms with E-state index in [1.165, 1.54) is 5.57 Å². The number of aliphatic hydroxyl groups is 1. The van der Waals surface area contributed by atoms with Crippen molar-refractivity contribution in [2.45, 2.75) is 70.5 Å². The third kappa shape index (κ3) is 2.89. The van der Waals surface area contributed by atoms with Crippen LogP contribution in [0.2, 0.25) is 0 Å². The molecule has 1 amide bonds. The van der Waals surface area contributed by atoms with Gasteiger partial charge in [-0.1, -0.05) is 50.6 Å². The molecule has 6 heteroatoms. The van der Waals surface area contributed by atoms with Gasteiger partial charge in [-0.25, -0.2) is 0 Å². The molecule has 3 aliphatic carbocycles. The van der Waals surface area contributed by atoms with Gasteiger partial charge in [0.1, 0.15) is 11.9 Å². The van der Waals surface area contributed by atoms with Crippen LogP contribution in [0.15, 0.2) is 48.6 Å². The molecule has 196 valence electrons. The summed E-state index contributed by atoms with van der Waals surface area (Å²) in [4.78, 5) is 28.0. The number of Topliss-reactive ketones (excluding diaryl/α,β-unsaturated/α-hetero) is 1. The third-order valence-corrected chi connectivity index (χ3v) is 10.9. The van der Waals surface area contributed by atoms with Gasteiger partial charge in [-0.15, -0.1) is 6.58 Å². The Labute approximate surface area is 218 Å². The van der Waals surface area contributed by atoms with Crippen molar-refractivity contribution in [3.63, 3.8) is 0 Å². The molecule has 1 aromatic carbocycles. The van der Waals surface area contributed by atoms with Gasteiger partial charge in [-0.2, -0.15) is 0 Å². The van der Waals surface area contributed by atoms with E-state index in [2.05, 4.69) is 45.7 Å². The highest BCUT2D eigenvalue weighted by Crippen LogP contribution is 2.68. The first-order valence-electron chi connectivity index (χ1n) is 13.9. The lowest BCUT2D eigenvalue weighted by atomic mass is 9.55. The number of ether oxygens (including phenoxy) is 2. The minimum atomic E-state index is -1.64. The van der Waals surface area contributed by atoms with Crippen LogP contribution in [0.4, 0.5) is 0 Å². The average molecular weight is 504 g/mol. The van der Waals surface area contributed by atoms with E-state index >= 15 is 0 Å². The molecule has 0 radical (unpaired) electrons. The lowest BCUT2D eigenvalue weighted by Crippen LogP contribution is -2.51. The lowest BCUT2D eigenvalue weighted by molar-refractivity contribution is -0.143. The number of benzene rings is 1. The Kier molecular flexibility index (Phi) is 4.70. The van der Waals surface area contributed by atoms with Gasteiger partial charge in [0.15, 0.2) is 17.6 Å². The van der Waals surface area contributed by atoms with E-state index in [1.54, 1.807) is 0 Å². The van der Waals surface area contributed by atoms with Crippen molar-refractivity contribution in [3.8, 4) is 5.75 Å². The number of nitrogens with one attached hydrogen (secondary N) is 1. The fraction of sp³-hybridized carbons (Fsp3) is 0.613. The fourth-order valence-electron chi connectivity index (χ4n) is 9.97. The highest BCUT2D eigenvalue weighted by atomic mass is 16.6. The van der Waals surface area contributed by atoms with Crippen LogP contribution in [0, 0.1) is 46.8 Å². The molecule has 0 unspecified atom stereocenters. The summed E-state index contributed by atoms with van der Waals surface area (Å²) in [6.45, 7) is 13.4. The van der Waals surface area contributed by atoms with Crippen LogP contribution in [0.3, 0.4) is 0 Å². The van der Waals surface area contributed by atoms with E-state index in [4.69, 9.17) is 9.47 Å². The fourth-order valence-corrected chi connectivity index (χ4v) is 9.97. The second kappa shape index (κ2) is 7.35. The molecular formula is C31H37NO5. The molecule has 0 spiro atoms. The Hall–Kier alpha value is -2.44. The summed E-state index contributed by atoms with van der Waals surface area (Å²) in [6.07, 6.45) is 5.35. The van der Waals surface area contributed by atoms with Crippen LogP contribution in [0.25, 0.3) is 0 Å². The molecule has 37 heavy (non-hydrogen) atoms. The Morgan fingerprint density at radius 1 is 1.19 bits per heavy atom. The maximum Gasteiger partial charge on any atom is 0.265 e. The summed E-state index contributed by atoms with van der Waals surface area (Å²) in [5.41, 5.74) is -1.16. The summed E-state index contributed by atoms with van der Waals surface area (Å²) < 4.78 is 12.9. The van der Waals surface area contributed by atoms with E-state index in [1.807, 2.05) is 30.3 Å². The second-order valence-corrected chi connectivity index (χ2v) is 13.2. The Bertz CT molecular complexity index is 1240. The molecule has 0 aromatic heterocycles. The van der Waals surface area contributed by atoms with Crippen molar-refractivity contribution in [2.24, 2.45) is 46.8 Å². The molecule has 2 saturated heterocycles. The Morgan fingerprint density at radius 2 is 1.92 bits per heavy atom. The molecule has 4 fully saturated rings. The van der Waals surface area contributed by atoms with Crippen molar-refractivity contribution >= 4 is 11.7 Å². The normalized spacial score (nSPS) is 51.3. The highest BCUT2D eigenvalue weighted by Gasteiger charge is 2.82. The number of fused-ring (bicyclic) bond motifs is 4. The summed E-state index contributed by atoms with van der Waals surface area (Å²) >= 11 is 0. The molecule has 2 saturated carbocycles. The molecule has 4 aliphatic heterocycles. The highest BCUT2D eigenvalue weighted by molar-refractivity contribution is 6.16. The largest absolute Gasteiger partial charge is 0.490 e. The SMILES string of the molecule is C=C[C@@H]1C=C(C)[C@@H]2[C@@H]3[C@H](Oc4ccc(cc4)C[C@@]4(O)NC(=O)[C@@]5(O[C@@H]54)C(=O)[C@H]13)[C@@H]1[C@H](C)C[C@@H](C)C[C@@]12C. The van der Waals surface area contributed by atoms with Crippen LogP contribution in [0.1, 0.15) is 46.1 Å². The summed E-state index contributed by atoms with van der Waals surface area (Å²) in [5, 5.41) is 14.2. The van der Waals surface area contributed by atoms with E-state index in [0.717, 1.165) is 24.2 Å². The van der Waals surface area contributed by atoms with Gasteiger partial charge in [0.05, 0.1) is 0 Å². The second-order valence-electron chi connectivity index (χ2n) is 13.2. The van der Waals surface area contributed by atoms with E-state index in [-0.39, 0.29) is 47.4 Å². The summed E-state index contributed by atoms with van der Waals surface area (Å²) in [7, 11) is 0. The van der Waals surface area contributed by atoms with E-state index in [9.17, 15) is 14.7 Å². The van der Waals surface area contributed by atoms with E-state index < -0.39 is 29.3 Å². The minimum absolute atomic E-state index is 0.0329. The van der Waals surface area contributed by atoms with Crippen LogP contribution in [-0.4, -0.2) is 40.3 Å². The number of epoxide rings is 1. The Morgan fingerprint density at radius 3 is 2.59 bits per heavy atom. The first kappa shape index (κ1) is 23.7. The quantitative estimate of drug-likeness (QED) is 0.346. The zero-order valence-electron chi connectivity index (χ0n) is 22.1. The van der Waals surface area contributed by atoms with Crippen molar-refractivity contribution in [3.05, 3.63) is 54.1 Å². The van der Waals surface area contributed by atoms with Gasteiger partial charge in [0, 0.05) is 30.1 Å². The third-order valence-electron chi connectivity index (χ3n) is 10.9. The predicted octanol–water partition coefficient (Wildman–Crippen LogP) is 3.83.